The summed E-state index contributed by atoms with van der Waals surface area (Å²) < 4.78 is 6.78. The van der Waals surface area contributed by atoms with Crippen LogP contribution in [-0.4, -0.2) is 6.61 Å². The zero-order chi connectivity index (χ0) is 15.4. The van der Waals surface area contributed by atoms with Gasteiger partial charge in [-0.15, -0.1) is 11.3 Å². The highest BCUT2D eigenvalue weighted by atomic mass is 79.9. The fraction of sp³-hybridized carbons (Fsp3) is 0.158. The minimum absolute atomic E-state index is 0.768. The summed E-state index contributed by atoms with van der Waals surface area (Å²) in [5, 5.41) is 0. The van der Waals surface area contributed by atoms with Gasteiger partial charge in [0.15, 0.2) is 0 Å². The Hall–Kier alpha value is -1.58. The van der Waals surface area contributed by atoms with Crippen molar-refractivity contribution in [1.29, 1.82) is 0 Å². The van der Waals surface area contributed by atoms with Crippen LogP contribution in [0, 0.1) is 0 Å². The Kier molecular flexibility index (Phi) is 4.96. The first-order valence-electron chi connectivity index (χ1n) is 7.35. The molecule has 112 valence electrons. The molecule has 2 aromatic carbocycles. The second kappa shape index (κ2) is 7.12. The molecule has 0 aliphatic carbocycles. The average molecular weight is 373 g/mol. The molecule has 1 heterocycles. The van der Waals surface area contributed by atoms with Crippen molar-refractivity contribution in [3.63, 3.8) is 0 Å². The van der Waals surface area contributed by atoms with Gasteiger partial charge in [0.25, 0.3) is 0 Å². The monoisotopic (exact) mass is 372 g/mol. The Bertz CT molecular complexity index is 729. The summed E-state index contributed by atoms with van der Waals surface area (Å²) in [5.74, 6) is 0.936. The third kappa shape index (κ3) is 3.60. The summed E-state index contributed by atoms with van der Waals surface area (Å²) in [6.45, 7) is 2.88. The second-order valence-corrected chi connectivity index (χ2v) is 7.52. The molecule has 0 N–H and O–H groups in total. The van der Waals surface area contributed by atoms with Crippen molar-refractivity contribution >= 4 is 27.3 Å². The lowest BCUT2D eigenvalue weighted by Crippen LogP contribution is -1.94. The van der Waals surface area contributed by atoms with Crippen molar-refractivity contribution in [1.82, 2.24) is 0 Å². The Morgan fingerprint density at radius 3 is 1.95 bits per heavy atom. The van der Waals surface area contributed by atoms with Gasteiger partial charge in [-0.3, -0.25) is 0 Å². The van der Waals surface area contributed by atoms with Gasteiger partial charge < -0.3 is 4.74 Å². The van der Waals surface area contributed by atoms with E-state index in [0.717, 1.165) is 22.6 Å². The quantitative estimate of drug-likeness (QED) is 0.487. The van der Waals surface area contributed by atoms with E-state index in [2.05, 4.69) is 71.4 Å². The zero-order valence-electron chi connectivity index (χ0n) is 12.4. The predicted molar refractivity (Wildman–Crippen MR) is 98.7 cm³/mol. The van der Waals surface area contributed by atoms with Gasteiger partial charge in [-0.25, -0.2) is 0 Å². The van der Waals surface area contributed by atoms with Crippen molar-refractivity contribution in [3.8, 4) is 27.3 Å². The molecule has 3 heteroatoms. The molecule has 0 unspecified atom stereocenters. The Labute approximate surface area is 143 Å². The SMILES string of the molecule is CCCOc1ccc(-c2ccc(-c3ccc(Br)s3)cc2)cc1. The second-order valence-electron chi connectivity index (χ2n) is 5.05. The lowest BCUT2D eigenvalue weighted by molar-refractivity contribution is 0.317. The molecule has 0 aliphatic heterocycles. The molecular weight excluding hydrogens is 356 g/mol. The van der Waals surface area contributed by atoms with Crippen LogP contribution in [0.3, 0.4) is 0 Å². The molecule has 3 aromatic rings. The molecular formula is C19H17BrOS. The average Bonchev–Trinajstić information content (AvgIpc) is 3.00. The van der Waals surface area contributed by atoms with Crippen LogP contribution in [0.4, 0.5) is 0 Å². The fourth-order valence-electron chi connectivity index (χ4n) is 2.26. The van der Waals surface area contributed by atoms with Crippen molar-refractivity contribution in [2.24, 2.45) is 0 Å². The van der Waals surface area contributed by atoms with Crippen LogP contribution in [-0.2, 0) is 0 Å². The van der Waals surface area contributed by atoms with E-state index in [1.807, 2.05) is 12.1 Å². The topological polar surface area (TPSA) is 9.23 Å². The molecule has 22 heavy (non-hydrogen) atoms. The molecule has 0 saturated carbocycles. The van der Waals surface area contributed by atoms with Crippen LogP contribution in [0.25, 0.3) is 21.6 Å². The Morgan fingerprint density at radius 1 is 0.818 bits per heavy atom. The van der Waals surface area contributed by atoms with Crippen molar-refractivity contribution in [2.75, 3.05) is 6.61 Å². The normalized spacial score (nSPS) is 10.6. The van der Waals surface area contributed by atoms with E-state index in [4.69, 9.17) is 4.74 Å². The molecule has 1 nitrogen and oxygen atoms in total. The third-order valence-electron chi connectivity index (χ3n) is 3.40. The summed E-state index contributed by atoms with van der Waals surface area (Å²) in [7, 11) is 0. The minimum atomic E-state index is 0.768. The van der Waals surface area contributed by atoms with E-state index in [1.165, 1.54) is 21.6 Å². The smallest absolute Gasteiger partial charge is 0.119 e. The highest BCUT2D eigenvalue weighted by Crippen LogP contribution is 2.32. The fourth-order valence-corrected chi connectivity index (χ4v) is 3.65. The lowest BCUT2D eigenvalue weighted by Gasteiger charge is -2.07. The number of rotatable bonds is 5. The van der Waals surface area contributed by atoms with Crippen molar-refractivity contribution in [3.05, 3.63) is 64.5 Å². The summed E-state index contributed by atoms with van der Waals surface area (Å²) >= 11 is 5.26. The zero-order valence-corrected chi connectivity index (χ0v) is 14.8. The molecule has 0 radical (unpaired) electrons. The Morgan fingerprint density at radius 2 is 1.41 bits per heavy atom. The molecule has 1 aromatic heterocycles. The summed E-state index contributed by atoms with van der Waals surface area (Å²) in [6, 6.07) is 21.2. The van der Waals surface area contributed by atoms with Gasteiger partial charge in [-0.05, 0) is 63.3 Å². The van der Waals surface area contributed by atoms with Crippen LogP contribution in [0.5, 0.6) is 5.75 Å². The van der Waals surface area contributed by atoms with E-state index >= 15 is 0 Å². The first-order chi connectivity index (χ1) is 10.8. The first-order valence-corrected chi connectivity index (χ1v) is 8.96. The molecule has 0 spiro atoms. The van der Waals surface area contributed by atoms with Gasteiger partial charge in [0, 0.05) is 4.88 Å². The van der Waals surface area contributed by atoms with Crippen molar-refractivity contribution in [2.45, 2.75) is 13.3 Å². The summed E-state index contributed by atoms with van der Waals surface area (Å²) in [4.78, 5) is 1.28. The number of hydrogen-bond acceptors (Lipinski definition) is 2. The highest BCUT2D eigenvalue weighted by molar-refractivity contribution is 9.11. The van der Waals surface area contributed by atoms with Gasteiger partial charge >= 0.3 is 0 Å². The van der Waals surface area contributed by atoms with E-state index in [9.17, 15) is 0 Å². The predicted octanol–water partition coefficient (Wildman–Crippen LogP) is 6.63. The number of hydrogen-bond donors (Lipinski definition) is 0. The first kappa shape index (κ1) is 15.3. The highest BCUT2D eigenvalue weighted by Gasteiger charge is 2.03. The van der Waals surface area contributed by atoms with Gasteiger partial charge in [0.05, 0.1) is 10.4 Å². The number of benzene rings is 2. The van der Waals surface area contributed by atoms with Crippen LogP contribution in [0.2, 0.25) is 0 Å². The summed E-state index contributed by atoms with van der Waals surface area (Å²) in [5.41, 5.74) is 3.69. The molecule has 0 fully saturated rings. The molecule has 0 amide bonds. The van der Waals surface area contributed by atoms with Gasteiger partial charge in [0.1, 0.15) is 5.75 Å². The molecule has 3 rings (SSSR count). The van der Waals surface area contributed by atoms with E-state index in [1.54, 1.807) is 11.3 Å². The standard InChI is InChI=1S/C19H17BrOS/c1-2-13-21-17-9-7-15(8-10-17)14-3-5-16(6-4-14)18-11-12-19(20)22-18/h3-12H,2,13H2,1H3. The van der Waals surface area contributed by atoms with Crippen LogP contribution < -0.4 is 4.74 Å². The maximum Gasteiger partial charge on any atom is 0.119 e. The van der Waals surface area contributed by atoms with Crippen LogP contribution in [0.1, 0.15) is 13.3 Å². The Balaban J connectivity index is 1.77. The molecule has 0 bridgehead atoms. The maximum atomic E-state index is 5.62. The third-order valence-corrected chi connectivity index (χ3v) is 5.08. The lowest BCUT2D eigenvalue weighted by atomic mass is 10.0. The summed E-state index contributed by atoms with van der Waals surface area (Å²) in [6.07, 6.45) is 1.03. The van der Waals surface area contributed by atoms with Gasteiger partial charge in [-0.2, -0.15) is 0 Å². The van der Waals surface area contributed by atoms with Crippen LogP contribution >= 0.6 is 27.3 Å². The largest absolute Gasteiger partial charge is 0.494 e. The maximum absolute atomic E-state index is 5.62. The van der Waals surface area contributed by atoms with Crippen LogP contribution in [0.15, 0.2) is 64.5 Å². The number of halogens is 1. The molecule has 0 saturated heterocycles. The van der Waals surface area contributed by atoms with Crippen molar-refractivity contribution < 1.29 is 4.74 Å². The number of thiophene rings is 1. The molecule has 0 aliphatic rings. The van der Waals surface area contributed by atoms with E-state index in [0.29, 0.717) is 0 Å². The van der Waals surface area contributed by atoms with Gasteiger partial charge in [-0.1, -0.05) is 43.3 Å². The number of ether oxygens (including phenoxy) is 1. The molecule has 0 atom stereocenters. The van der Waals surface area contributed by atoms with Gasteiger partial charge in [0.2, 0.25) is 0 Å². The van der Waals surface area contributed by atoms with E-state index < -0.39 is 0 Å². The minimum Gasteiger partial charge on any atom is -0.494 e. The van der Waals surface area contributed by atoms with E-state index in [-0.39, 0.29) is 0 Å².